The largest absolute Gasteiger partial charge is 0.367 e. The summed E-state index contributed by atoms with van der Waals surface area (Å²) in [7, 11) is 0. The van der Waals surface area contributed by atoms with Gasteiger partial charge in [-0.15, -0.1) is 0 Å². The van der Waals surface area contributed by atoms with Crippen LogP contribution in [0.15, 0.2) is 47.0 Å². The van der Waals surface area contributed by atoms with Gasteiger partial charge < -0.3 is 10.3 Å². The lowest BCUT2D eigenvalue weighted by atomic mass is 10.00. The second-order valence-corrected chi connectivity index (χ2v) is 5.17. The minimum Gasteiger partial charge on any atom is -0.367 e. The monoisotopic (exact) mass is 302 g/mol. The lowest BCUT2D eigenvalue weighted by Gasteiger charge is -2.04. The van der Waals surface area contributed by atoms with Gasteiger partial charge in [-0.3, -0.25) is 0 Å². The molecule has 0 aliphatic rings. The number of anilines is 1. The molecule has 1 aromatic heterocycles. The summed E-state index contributed by atoms with van der Waals surface area (Å²) in [6.45, 7) is 2.00. The van der Waals surface area contributed by atoms with Gasteiger partial charge in [-0.25, -0.2) is 4.39 Å². The van der Waals surface area contributed by atoms with Crippen molar-refractivity contribution in [2.24, 2.45) is 0 Å². The molecule has 0 unspecified atom stereocenters. The highest BCUT2D eigenvalue weighted by Crippen LogP contribution is 2.37. The average molecular weight is 303 g/mol. The fraction of sp³-hybridized carbons (Fsp3) is 0.0625. The summed E-state index contributed by atoms with van der Waals surface area (Å²) in [4.78, 5) is 0. The Morgan fingerprint density at radius 2 is 1.76 bits per heavy atom. The van der Waals surface area contributed by atoms with Crippen molar-refractivity contribution in [1.82, 2.24) is 5.16 Å². The molecule has 0 aliphatic heterocycles. The van der Waals surface area contributed by atoms with Crippen LogP contribution >= 0.6 is 11.6 Å². The Bertz CT molecular complexity index is 797. The van der Waals surface area contributed by atoms with Gasteiger partial charge in [0.25, 0.3) is 0 Å². The Balaban J connectivity index is 2.16. The van der Waals surface area contributed by atoms with E-state index in [9.17, 15) is 4.39 Å². The van der Waals surface area contributed by atoms with E-state index < -0.39 is 5.82 Å². The minimum atomic E-state index is -0.509. The van der Waals surface area contributed by atoms with Gasteiger partial charge in [0, 0.05) is 5.56 Å². The molecule has 0 spiro atoms. The van der Waals surface area contributed by atoms with E-state index in [-0.39, 0.29) is 10.9 Å². The van der Waals surface area contributed by atoms with Crippen molar-refractivity contribution in [2.45, 2.75) is 6.92 Å². The lowest BCUT2D eigenvalue weighted by Crippen LogP contribution is -1.89. The molecule has 2 N–H and O–H groups in total. The van der Waals surface area contributed by atoms with Gasteiger partial charge in [0.1, 0.15) is 11.5 Å². The molecular formula is C16H12ClFN2O. The smallest absolute Gasteiger partial charge is 0.230 e. The molecule has 3 aromatic rings. The molecule has 0 fully saturated rings. The first kappa shape index (κ1) is 13.6. The van der Waals surface area contributed by atoms with E-state index in [1.54, 1.807) is 6.07 Å². The van der Waals surface area contributed by atoms with Crippen molar-refractivity contribution >= 4 is 17.5 Å². The van der Waals surface area contributed by atoms with Crippen LogP contribution in [0.3, 0.4) is 0 Å². The third kappa shape index (κ3) is 2.50. The second-order valence-electron chi connectivity index (χ2n) is 4.77. The molecule has 0 bridgehead atoms. The molecule has 1 heterocycles. The van der Waals surface area contributed by atoms with Gasteiger partial charge in [0.05, 0.1) is 10.6 Å². The maximum absolute atomic E-state index is 13.6. The molecule has 0 amide bonds. The topological polar surface area (TPSA) is 52.0 Å². The molecule has 0 aliphatic carbocycles. The van der Waals surface area contributed by atoms with Crippen molar-refractivity contribution in [3.8, 4) is 22.4 Å². The number of aryl methyl sites for hydroxylation is 1. The van der Waals surface area contributed by atoms with Gasteiger partial charge in [-0.2, -0.15) is 0 Å². The first-order valence-corrected chi connectivity index (χ1v) is 6.71. The maximum Gasteiger partial charge on any atom is 0.230 e. The molecule has 2 aromatic carbocycles. The fourth-order valence-corrected chi connectivity index (χ4v) is 2.26. The van der Waals surface area contributed by atoms with Crippen LogP contribution in [0.1, 0.15) is 5.56 Å². The minimum absolute atomic E-state index is 0.0621. The van der Waals surface area contributed by atoms with Crippen LogP contribution < -0.4 is 5.73 Å². The molecule has 106 valence electrons. The van der Waals surface area contributed by atoms with E-state index in [4.69, 9.17) is 21.9 Å². The van der Waals surface area contributed by atoms with E-state index in [0.29, 0.717) is 16.8 Å². The highest BCUT2D eigenvalue weighted by Gasteiger charge is 2.18. The van der Waals surface area contributed by atoms with Gasteiger partial charge in [-0.1, -0.05) is 52.7 Å². The van der Waals surface area contributed by atoms with Crippen LogP contribution in [0.4, 0.5) is 10.3 Å². The van der Waals surface area contributed by atoms with Crippen molar-refractivity contribution in [1.29, 1.82) is 0 Å². The number of hydrogen-bond acceptors (Lipinski definition) is 3. The average Bonchev–Trinajstić information content (AvgIpc) is 2.85. The molecule has 0 saturated heterocycles. The summed E-state index contributed by atoms with van der Waals surface area (Å²) >= 11 is 5.70. The van der Waals surface area contributed by atoms with E-state index in [1.165, 1.54) is 12.1 Å². The van der Waals surface area contributed by atoms with E-state index in [2.05, 4.69) is 5.16 Å². The van der Waals surface area contributed by atoms with Gasteiger partial charge in [0.2, 0.25) is 5.88 Å². The van der Waals surface area contributed by atoms with Crippen LogP contribution in [-0.2, 0) is 0 Å². The maximum atomic E-state index is 13.6. The summed E-state index contributed by atoms with van der Waals surface area (Å²) in [6, 6.07) is 12.3. The second kappa shape index (κ2) is 5.22. The van der Waals surface area contributed by atoms with Crippen LogP contribution in [0, 0.1) is 12.7 Å². The van der Waals surface area contributed by atoms with Crippen LogP contribution in [0.25, 0.3) is 22.4 Å². The van der Waals surface area contributed by atoms with Gasteiger partial charge in [0.15, 0.2) is 0 Å². The summed E-state index contributed by atoms with van der Waals surface area (Å²) in [5, 5.41) is 4.01. The Morgan fingerprint density at radius 3 is 2.43 bits per heavy atom. The molecule has 0 saturated carbocycles. The number of rotatable bonds is 2. The lowest BCUT2D eigenvalue weighted by molar-refractivity contribution is 0.439. The number of benzene rings is 2. The molecule has 3 rings (SSSR count). The number of nitrogens with two attached hydrogens (primary N) is 1. The first-order chi connectivity index (χ1) is 10.1. The van der Waals surface area contributed by atoms with Crippen molar-refractivity contribution in [3.05, 3.63) is 58.9 Å². The molecule has 21 heavy (non-hydrogen) atoms. The third-order valence-corrected chi connectivity index (χ3v) is 3.56. The Labute approximate surface area is 126 Å². The summed E-state index contributed by atoms with van der Waals surface area (Å²) in [5.74, 6) is -0.310. The van der Waals surface area contributed by atoms with Gasteiger partial charge >= 0.3 is 0 Å². The van der Waals surface area contributed by atoms with E-state index in [1.807, 2.05) is 31.2 Å². The number of nitrogen functional groups attached to an aromatic ring is 1. The van der Waals surface area contributed by atoms with Crippen LogP contribution in [-0.4, -0.2) is 5.16 Å². The quantitative estimate of drug-likeness (QED) is 0.747. The predicted molar refractivity (Wildman–Crippen MR) is 81.5 cm³/mol. The van der Waals surface area contributed by atoms with Crippen molar-refractivity contribution < 1.29 is 8.91 Å². The standard InChI is InChI=1S/C16H12ClFN2O/c1-9-2-4-10(5-3-9)14-15(20-21-16(14)19)11-6-7-12(17)13(18)8-11/h2-8H,19H2,1H3. The number of nitrogens with zero attached hydrogens (tertiary/aromatic N) is 1. The zero-order chi connectivity index (χ0) is 15.0. The molecule has 3 nitrogen and oxygen atoms in total. The Morgan fingerprint density at radius 1 is 1.10 bits per heavy atom. The number of aromatic nitrogens is 1. The van der Waals surface area contributed by atoms with Crippen LogP contribution in [0.5, 0.6) is 0 Å². The Hall–Kier alpha value is -2.33. The fourth-order valence-electron chi connectivity index (χ4n) is 2.14. The van der Waals surface area contributed by atoms with E-state index >= 15 is 0 Å². The summed E-state index contributed by atoms with van der Waals surface area (Å²) in [5.41, 5.74) is 9.57. The van der Waals surface area contributed by atoms with E-state index in [0.717, 1.165) is 11.1 Å². The molecule has 0 radical (unpaired) electrons. The molecular weight excluding hydrogens is 291 g/mol. The zero-order valence-corrected chi connectivity index (χ0v) is 12.0. The number of halogens is 2. The molecule has 0 atom stereocenters. The van der Waals surface area contributed by atoms with Crippen molar-refractivity contribution in [2.75, 3.05) is 5.73 Å². The number of hydrogen-bond donors (Lipinski definition) is 1. The normalized spacial score (nSPS) is 10.8. The van der Waals surface area contributed by atoms with Crippen molar-refractivity contribution in [3.63, 3.8) is 0 Å². The third-order valence-electron chi connectivity index (χ3n) is 3.25. The highest BCUT2D eigenvalue weighted by molar-refractivity contribution is 6.30. The zero-order valence-electron chi connectivity index (χ0n) is 11.2. The highest BCUT2D eigenvalue weighted by atomic mass is 35.5. The summed E-state index contributed by atoms with van der Waals surface area (Å²) in [6.07, 6.45) is 0. The summed E-state index contributed by atoms with van der Waals surface area (Å²) < 4.78 is 18.7. The van der Waals surface area contributed by atoms with Crippen LogP contribution in [0.2, 0.25) is 5.02 Å². The Kier molecular flexibility index (Phi) is 3.39. The molecule has 5 heteroatoms. The van der Waals surface area contributed by atoms with Gasteiger partial charge in [-0.05, 0) is 24.6 Å². The SMILES string of the molecule is Cc1ccc(-c2c(-c3ccc(Cl)c(F)c3)noc2N)cc1. The first-order valence-electron chi connectivity index (χ1n) is 6.34. The predicted octanol–water partition coefficient (Wildman–Crippen LogP) is 4.69.